The van der Waals surface area contributed by atoms with Crippen LogP contribution in [-0.2, 0) is 4.79 Å². The number of benzene rings is 3. The fourth-order valence-corrected chi connectivity index (χ4v) is 2.64. The number of amides is 2. The molecule has 0 saturated carbocycles. The van der Waals surface area contributed by atoms with E-state index in [2.05, 4.69) is 10.6 Å². The molecule has 0 aliphatic rings. The number of hydrogen-bond donors (Lipinski definition) is 2. The van der Waals surface area contributed by atoms with E-state index in [0.29, 0.717) is 27.7 Å². The molecule has 0 aromatic heterocycles. The fraction of sp³-hybridized carbons (Fsp3) is 0.0909. The summed E-state index contributed by atoms with van der Waals surface area (Å²) in [6.07, 6.45) is -0.727. The first kappa shape index (κ1) is 19.5. The quantitative estimate of drug-likeness (QED) is 0.618. The minimum Gasteiger partial charge on any atom is -0.481 e. The van der Waals surface area contributed by atoms with Crippen LogP contribution in [0, 0.1) is 0 Å². The normalized spacial score (nSPS) is 11.4. The van der Waals surface area contributed by atoms with E-state index in [9.17, 15) is 9.59 Å². The number of hydrogen-bond acceptors (Lipinski definition) is 3. The van der Waals surface area contributed by atoms with E-state index in [4.69, 9.17) is 16.3 Å². The van der Waals surface area contributed by atoms with Gasteiger partial charge in [-0.2, -0.15) is 0 Å². The van der Waals surface area contributed by atoms with Gasteiger partial charge in [-0.05, 0) is 55.5 Å². The van der Waals surface area contributed by atoms with Crippen molar-refractivity contribution in [3.8, 4) is 5.75 Å². The van der Waals surface area contributed by atoms with Crippen LogP contribution in [0.3, 0.4) is 0 Å². The molecule has 2 N–H and O–H groups in total. The number of para-hydroxylation sites is 2. The van der Waals surface area contributed by atoms with E-state index in [-0.39, 0.29) is 11.8 Å². The summed E-state index contributed by atoms with van der Waals surface area (Å²) in [5, 5.41) is 6.13. The smallest absolute Gasteiger partial charge is 0.265 e. The van der Waals surface area contributed by atoms with Gasteiger partial charge in [0.05, 0.1) is 11.3 Å². The molecule has 28 heavy (non-hydrogen) atoms. The Bertz CT molecular complexity index is 959. The van der Waals surface area contributed by atoms with Crippen molar-refractivity contribution < 1.29 is 14.3 Å². The first-order chi connectivity index (χ1) is 13.5. The molecule has 0 aliphatic heterocycles. The van der Waals surface area contributed by atoms with Crippen LogP contribution in [0.15, 0.2) is 78.9 Å². The summed E-state index contributed by atoms with van der Waals surface area (Å²) in [5.74, 6) is -0.0932. The van der Waals surface area contributed by atoms with E-state index < -0.39 is 6.10 Å². The van der Waals surface area contributed by atoms with Crippen molar-refractivity contribution in [3.63, 3.8) is 0 Å². The zero-order valence-corrected chi connectivity index (χ0v) is 15.9. The highest BCUT2D eigenvalue weighted by Gasteiger charge is 2.18. The van der Waals surface area contributed by atoms with Crippen molar-refractivity contribution in [1.82, 2.24) is 0 Å². The molecule has 0 fully saturated rings. The van der Waals surface area contributed by atoms with Crippen molar-refractivity contribution in [2.45, 2.75) is 13.0 Å². The van der Waals surface area contributed by atoms with Gasteiger partial charge in [0.2, 0.25) is 0 Å². The SMILES string of the molecule is CC(Oc1ccccc1)C(=O)Nc1ccccc1C(=O)Nc1ccc(Cl)cc1. The number of ether oxygens (including phenoxy) is 1. The maximum Gasteiger partial charge on any atom is 0.265 e. The zero-order valence-electron chi connectivity index (χ0n) is 15.2. The average Bonchev–Trinajstić information content (AvgIpc) is 2.71. The summed E-state index contributed by atoms with van der Waals surface area (Å²) in [7, 11) is 0. The highest BCUT2D eigenvalue weighted by atomic mass is 35.5. The number of nitrogens with one attached hydrogen (secondary N) is 2. The summed E-state index contributed by atoms with van der Waals surface area (Å²) in [4.78, 5) is 25.1. The van der Waals surface area contributed by atoms with Crippen molar-refractivity contribution in [3.05, 3.63) is 89.4 Å². The van der Waals surface area contributed by atoms with E-state index >= 15 is 0 Å². The lowest BCUT2D eigenvalue weighted by atomic mass is 10.1. The van der Waals surface area contributed by atoms with Gasteiger partial charge in [-0.3, -0.25) is 9.59 Å². The Hall–Kier alpha value is -3.31. The van der Waals surface area contributed by atoms with Gasteiger partial charge in [0.25, 0.3) is 11.8 Å². The summed E-state index contributed by atoms with van der Waals surface area (Å²) in [5.41, 5.74) is 1.36. The molecule has 0 spiro atoms. The van der Waals surface area contributed by atoms with E-state index in [1.807, 2.05) is 18.2 Å². The summed E-state index contributed by atoms with van der Waals surface area (Å²) in [6, 6.07) is 22.7. The number of carbonyl (C=O) groups is 2. The number of carbonyl (C=O) groups excluding carboxylic acids is 2. The Balaban J connectivity index is 1.69. The molecule has 2 amide bonds. The van der Waals surface area contributed by atoms with Crippen LogP contribution in [-0.4, -0.2) is 17.9 Å². The van der Waals surface area contributed by atoms with E-state index in [0.717, 1.165) is 0 Å². The van der Waals surface area contributed by atoms with Gasteiger partial charge in [-0.15, -0.1) is 0 Å². The molecule has 0 bridgehead atoms. The van der Waals surface area contributed by atoms with E-state index in [1.165, 1.54) is 0 Å². The van der Waals surface area contributed by atoms with Crippen LogP contribution in [0.25, 0.3) is 0 Å². The fourth-order valence-electron chi connectivity index (χ4n) is 2.51. The lowest BCUT2D eigenvalue weighted by molar-refractivity contribution is -0.122. The molecular weight excluding hydrogens is 376 g/mol. The number of rotatable bonds is 6. The molecule has 3 aromatic carbocycles. The van der Waals surface area contributed by atoms with Crippen LogP contribution in [0.4, 0.5) is 11.4 Å². The summed E-state index contributed by atoms with van der Waals surface area (Å²) in [6.45, 7) is 1.65. The predicted octanol–water partition coefficient (Wildman–Crippen LogP) is 5.00. The van der Waals surface area contributed by atoms with Gasteiger partial charge in [0.15, 0.2) is 6.10 Å². The second-order valence-electron chi connectivity index (χ2n) is 6.07. The third kappa shape index (κ3) is 5.11. The zero-order chi connectivity index (χ0) is 19.9. The average molecular weight is 395 g/mol. The van der Waals surface area contributed by atoms with Crippen LogP contribution in [0.2, 0.25) is 5.02 Å². The second kappa shape index (κ2) is 9.06. The van der Waals surface area contributed by atoms with Crippen molar-refractivity contribution in [2.75, 3.05) is 10.6 Å². The third-order valence-electron chi connectivity index (χ3n) is 3.96. The monoisotopic (exact) mass is 394 g/mol. The van der Waals surface area contributed by atoms with Gasteiger partial charge in [-0.1, -0.05) is 41.9 Å². The molecule has 3 aromatic rings. The topological polar surface area (TPSA) is 67.4 Å². The predicted molar refractivity (Wildman–Crippen MR) is 111 cm³/mol. The first-order valence-electron chi connectivity index (χ1n) is 8.71. The Morgan fingerprint density at radius 2 is 1.50 bits per heavy atom. The van der Waals surface area contributed by atoms with E-state index in [1.54, 1.807) is 67.6 Å². The Kier molecular flexibility index (Phi) is 6.29. The molecule has 1 unspecified atom stereocenters. The minimum absolute atomic E-state index is 0.338. The van der Waals surface area contributed by atoms with Gasteiger partial charge in [0.1, 0.15) is 5.75 Å². The van der Waals surface area contributed by atoms with Crippen molar-refractivity contribution in [1.29, 1.82) is 0 Å². The highest BCUT2D eigenvalue weighted by molar-refractivity contribution is 6.30. The summed E-state index contributed by atoms with van der Waals surface area (Å²) < 4.78 is 5.63. The third-order valence-corrected chi connectivity index (χ3v) is 4.21. The maximum absolute atomic E-state index is 12.6. The lowest BCUT2D eigenvalue weighted by Crippen LogP contribution is -2.31. The molecule has 142 valence electrons. The first-order valence-corrected chi connectivity index (χ1v) is 9.09. The summed E-state index contributed by atoms with van der Waals surface area (Å²) >= 11 is 5.86. The number of halogens is 1. The molecule has 0 radical (unpaired) electrons. The van der Waals surface area contributed by atoms with Crippen LogP contribution in [0.5, 0.6) is 5.75 Å². The molecule has 3 rings (SSSR count). The van der Waals surface area contributed by atoms with Crippen molar-refractivity contribution in [2.24, 2.45) is 0 Å². The lowest BCUT2D eigenvalue weighted by Gasteiger charge is -2.16. The largest absolute Gasteiger partial charge is 0.481 e. The molecule has 5 nitrogen and oxygen atoms in total. The van der Waals surface area contributed by atoms with Gasteiger partial charge in [0, 0.05) is 10.7 Å². The second-order valence-corrected chi connectivity index (χ2v) is 6.51. The van der Waals surface area contributed by atoms with Gasteiger partial charge < -0.3 is 15.4 Å². The molecular formula is C22H19ClN2O3. The standard InChI is InChI=1S/C22H19ClN2O3/c1-15(28-18-7-3-2-4-8-18)21(26)25-20-10-6-5-9-19(20)22(27)24-17-13-11-16(23)12-14-17/h2-15H,1H3,(H,24,27)(H,25,26). The highest BCUT2D eigenvalue weighted by Crippen LogP contribution is 2.20. The molecule has 0 heterocycles. The van der Waals surface area contributed by atoms with Crippen LogP contribution < -0.4 is 15.4 Å². The van der Waals surface area contributed by atoms with Gasteiger partial charge in [-0.25, -0.2) is 0 Å². The molecule has 0 saturated heterocycles. The molecule has 1 atom stereocenters. The molecule has 0 aliphatic carbocycles. The van der Waals surface area contributed by atoms with Crippen molar-refractivity contribution >= 4 is 34.8 Å². The Labute approximate surface area is 168 Å². The van der Waals surface area contributed by atoms with Crippen LogP contribution in [0.1, 0.15) is 17.3 Å². The Morgan fingerprint density at radius 3 is 2.21 bits per heavy atom. The van der Waals surface area contributed by atoms with Gasteiger partial charge >= 0.3 is 0 Å². The Morgan fingerprint density at radius 1 is 0.857 bits per heavy atom. The maximum atomic E-state index is 12.6. The number of anilines is 2. The minimum atomic E-state index is -0.727. The molecule has 6 heteroatoms. The van der Waals surface area contributed by atoms with Crippen LogP contribution >= 0.6 is 11.6 Å².